The van der Waals surface area contributed by atoms with Gasteiger partial charge in [0.2, 0.25) is 0 Å². The van der Waals surface area contributed by atoms with E-state index in [0.29, 0.717) is 11.6 Å². The number of anilines is 1. The van der Waals surface area contributed by atoms with Crippen molar-refractivity contribution in [1.29, 1.82) is 0 Å². The minimum atomic E-state index is -1.01. The zero-order valence-corrected chi connectivity index (χ0v) is 16.7. The number of carbonyl (C=O) groups is 2. The molecule has 3 aromatic heterocycles. The third kappa shape index (κ3) is 3.20. The Bertz CT molecular complexity index is 1160. The third-order valence-electron chi connectivity index (χ3n) is 5.60. The number of rotatable bonds is 4. The predicted molar refractivity (Wildman–Crippen MR) is 107 cm³/mol. The van der Waals surface area contributed by atoms with Crippen molar-refractivity contribution < 1.29 is 18.7 Å². The smallest absolute Gasteiger partial charge is 0.275 e. The standard InChI is InChI=1S/C21H19FN6O3/c1-27-18-15(5-4-10-24-18)31-12-14(20(27)30)25-19(29)17-13(22)11-28(26-17)21(7-8-21)16-6-2-3-9-23-16/h2-6,9-11,14H,7-8,12H2,1H3,(H,25,29)/t14-/m0/s1. The molecule has 1 aliphatic heterocycles. The number of pyridine rings is 2. The number of ether oxygens (including phenoxy) is 1. The number of hydrogen-bond donors (Lipinski definition) is 1. The van der Waals surface area contributed by atoms with Crippen LogP contribution in [0.1, 0.15) is 29.0 Å². The van der Waals surface area contributed by atoms with Gasteiger partial charge in [0.15, 0.2) is 23.1 Å². The van der Waals surface area contributed by atoms with Crippen LogP contribution in [-0.4, -0.2) is 51.3 Å². The van der Waals surface area contributed by atoms with Gasteiger partial charge in [-0.15, -0.1) is 0 Å². The van der Waals surface area contributed by atoms with Crippen LogP contribution < -0.4 is 15.0 Å². The van der Waals surface area contributed by atoms with Crippen LogP contribution in [0.3, 0.4) is 0 Å². The van der Waals surface area contributed by atoms with E-state index in [1.54, 1.807) is 37.6 Å². The van der Waals surface area contributed by atoms with Gasteiger partial charge < -0.3 is 10.1 Å². The number of nitrogens with one attached hydrogen (secondary N) is 1. The Morgan fingerprint density at radius 1 is 1.23 bits per heavy atom. The summed E-state index contributed by atoms with van der Waals surface area (Å²) in [5, 5.41) is 6.75. The maximum Gasteiger partial charge on any atom is 0.275 e. The summed E-state index contributed by atoms with van der Waals surface area (Å²) in [6, 6.07) is 7.88. The summed E-state index contributed by atoms with van der Waals surface area (Å²) in [7, 11) is 1.54. The van der Waals surface area contributed by atoms with Crippen molar-refractivity contribution in [2.45, 2.75) is 24.4 Å². The highest BCUT2D eigenvalue weighted by atomic mass is 19.1. The van der Waals surface area contributed by atoms with Crippen LogP contribution in [0.4, 0.5) is 10.2 Å². The van der Waals surface area contributed by atoms with E-state index < -0.39 is 29.2 Å². The summed E-state index contributed by atoms with van der Waals surface area (Å²) in [5.74, 6) is -1.19. The highest BCUT2D eigenvalue weighted by molar-refractivity contribution is 6.02. The molecule has 4 heterocycles. The highest BCUT2D eigenvalue weighted by Gasteiger charge is 2.49. The molecule has 158 valence electrons. The van der Waals surface area contributed by atoms with E-state index in [2.05, 4.69) is 20.4 Å². The van der Waals surface area contributed by atoms with Crippen LogP contribution in [0.5, 0.6) is 5.75 Å². The fourth-order valence-corrected chi connectivity index (χ4v) is 3.74. The van der Waals surface area contributed by atoms with Gasteiger partial charge in [-0.3, -0.25) is 24.2 Å². The molecular weight excluding hydrogens is 403 g/mol. The van der Waals surface area contributed by atoms with Crippen molar-refractivity contribution in [3.63, 3.8) is 0 Å². The summed E-state index contributed by atoms with van der Waals surface area (Å²) in [6.07, 6.45) is 5.91. The first-order valence-electron chi connectivity index (χ1n) is 9.83. The molecule has 31 heavy (non-hydrogen) atoms. The lowest BCUT2D eigenvalue weighted by atomic mass is 10.1. The van der Waals surface area contributed by atoms with Crippen LogP contribution in [0.25, 0.3) is 0 Å². The maximum absolute atomic E-state index is 14.7. The van der Waals surface area contributed by atoms with Crippen LogP contribution >= 0.6 is 0 Å². The number of fused-ring (bicyclic) bond motifs is 1. The second-order valence-electron chi connectivity index (χ2n) is 7.58. The molecular formula is C21H19FN6O3. The van der Waals surface area contributed by atoms with Crippen molar-refractivity contribution in [3.05, 3.63) is 66.1 Å². The normalized spacial score (nSPS) is 19.2. The Hall–Kier alpha value is -3.82. The van der Waals surface area contributed by atoms with Crippen LogP contribution in [0.15, 0.2) is 48.9 Å². The molecule has 1 atom stereocenters. The molecule has 1 fully saturated rings. The average Bonchev–Trinajstić information content (AvgIpc) is 3.53. The summed E-state index contributed by atoms with van der Waals surface area (Å²) < 4.78 is 21.7. The second kappa shape index (κ2) is 7.15. The summed E-state index contributed by atoms with van der Waals surface area (Å²) in [4.78, 5) is 35.4. The molecule has 1 saturated carbocycles. The van der Waals surface area contributed by atoms with Gasteiger partial charge >= 0.3 is 0 Å². The quantitative estimate of drug-likeness (QED) is 0.684. The van der Waals surface area contributed by atoms with E-state index in [0.717, 1.165) is 18.5 Å². The maximum atomic E-state index is 14.7. The van der Waals surface area contributed by atoms with Gasteiger partial charge in [-0.25, -0.2) is 9.37 Å². The van der Waals surface area contributed by atoms with Gasteiger partial charge in [-0.05, 0) is 37.1 Å². The summed E-state index contributed by atoms with van der Waals surface area (Å²) >= 11 is 0. The molecule has 0 spiro atoms. The molecule has 0 aromatic carbocycles. The molecule has 0 radical (unpaired) electrons. The molecule has 2 amide bonds. The first-order valence-corrected chi connectivity index (χ1v) is 9.83. The Kier molecular flexibility index (Phi) is 4.42. The van der Waals surface area contributed by atoms with Crippen LogP contribution in [-0.2, 0) is 10.3 Å². The van der Waals surface area contributed by atoms with Gasteiger partial charge in [0, 0.05) is 19.4 Å². The minimum Gasteiger partial charge on any atom is -0.487 e. The number of halogens is 1. The third-order valence-corrected chi connectivity index (χ3v) is 5.60. The van der Waals surface area contributed by atoms with Gasteiger partial charge in [0.25, 0.3) is 11.8 Å². The molecule has 0 bridgehead atoms. The second-order valence-corrected chi connectivity index (χ2v) is 7.58. The zero-order valence-electron chi connectivity index (χ0n) is 16.7. The van der Waals surface area contributed by atoms with E-state index in [1.165, 1.54) is 15.8 Å². The Labute approximate surface area is 176 Å². The largest absolute Gasteiger partial charge is 0.487 e. The van der Waals surface area contributed by atoms with Gasteiger partial charge in [0.1, 0.15) is 18.2 Å². The minimum absolute atomic E-state index is 0.103. The monoisotopic (exact) mass is 422 g/mol. The van der Waals surface area contributed by atoms with Crippen molar-refractivity contribution in [2.75, 3.05) is 18.6 Å². The number of nitrogens with zero attached hydrogens (tertiary/aromatic N) is 5. The highest BCUT2D eigenvalue weighted by Crippen LogP contribution is 2.48. The van der Waals surface area contributed by atoms with Crippen LogP contribution in [0.2, 0.25) is 0 Å². The van der Waals surface area contributed by atoms with Gasteiger partial charge in [0.05, 0.1) is 11.9 Å². The van der Waals surface area contributed by atoms with E-state index in [9.17, 15) is 14.0 Å². The predicted octanol–water partition coefficient (Wildman–Crippen LogP) is 1.50. The fourth-order valence-electron chi connectivity index (χ4n) is 3.74. The number of carbonyl (C=O) groups excluding carboxylic acids is 2. The number of amides is 2. The lowest BCUT2D eigenvalue weighted by Crippen LogP contribution is -2.49. The lowest BCUT2D eigenvalue weighted by molar-refractivity contribution is -0.120. The van der Waals surface area contributed by atoms with Crippen LogP contribution in [0, 0.1) is 5.82 Å². The van der Waals surface area contributed by atoms with Crippen molar-refractivity contribution in [1.82, 2.24) is 25.1 Å². The molecule has 0 unspecified atom stereocenters. The Morgan fingerprint density at radius 2 is 2.03 bits per heavy atom. The average molecular weight is 422 g/mol. The summed E-state index contributed by atoms with van der Waals surface area (Å²) in [6.45, 7) is -0.103. The molecule has 5 rings (SSSR count). The van der Waals surface area contributed by atoms with Crippen molar-refractivity contribution >= 4 is 17.6 Å². The van der Waals surface area contributed by atoms with E-state index in [4.69, 9.17) is 4.74 Å². The van der Waals surface area contributed by atoms with Gasteiger partial charge in [-0.1, -0.05) is 6.07 Å². The van der Waals surface area contributed by atoms with E-state index in [1.807, 2.05) is 12.1 Å². The Morgan fingerprint density at radius 3 is 2.77 bits per heavy atom. The first-order chi connectivity index (χ1) is 15.0. The number of likely N-dealkylation sites (N-methyl/N-ethyl adjacent to an activating group) is 1. The SMILES string of the molecule is CN1C(=O)[C@@H](NC(=O)c2nn(C3(c4ccccn4)CC3)cc2F)COc2cccnc21. The van der Waals surface area contributed by atoms with E-state index >= 15 is 0 Å². The molecule has 2 aliphatic rings. The fraction of sp³-hybridized carbons (Fsp3) is 0.286. The van der Waals surface area contributed by atoms with E-state index in [-0.39, 0.29) is 12.3 Å². The number of hydrogen-bond acceptors (Lipinski definition) is 6. The molecule has 0 saturated heterocycles. The molecule has 1 N–H and O–H groups in total. The molecule has 1 aliphatic carbocycles. The number of aromatic nitrogens is 4. The summed E-state index contributed by atoms with van der Waals surface area (Å²) in [5.41, 5.74) is -0.156. The van der Waals surface area contributed by atoms with Gasteiger partial charge in [-0.2, -0.15) is 5.10 Å². The molecule has 10 heteroatoms. The first kappa shape index (κ1) is 19.2. The van der Waals surface area contributed by atoms with Crippen molar-refractivity contribution in [3.8, 4) is 5.75 Å². The molecule has 9 nitrogen and oxygen atoms in total. The Balaban J connectivity index is 1.37. The van der Waals surface area contributed by atoms with Crippen molar-refractivity contribution in [2.24, 2.45) is 0 Å². The lowest BCUT2D eigenvalue weighted by Gasteiger charge is -2.19. The molecule has 3 aromatic rings. The topological polar surface area (TPSA) is 102 Å². The zero-order chi connectivity index (χ0) is 21.6.